The van der Waals surface area contributed by atoms with Gasteiger partial charge in [-0.1, -0.05) is 30.3 Å². The van der Waals surface area contributed by atoms with Crippen molar-refractivity contribution in [2.45, 2.75) is 45.8 Å². The predicted octanol–water partition coefficient (Wildman–Crippen LogP) is 3.65. The van der Waals surface area contributed by atoms with E-state index in [-0.39, 0.29) is 24.0 Å². The van der Waals surface area contributed by atoms with E-state index in [1.54, 1.807) is 0 Å². The maximum Gasteiger partial charge on any atom is 0.191 e. The average molecular weight is 493 g/mol. The lowest BCUT2D eigenvalue weighted by Crippen LogP contribution is -2.48. The minimum absolute atomic E-state index is 0. The molecule has 2 heterocycles. The van der Waals surface area contributed by atoms with Gasteiger partial charge in [0, 0.05) is 38.9 Å². The number of aromatic nitrogens is 1. The van der Waals surface area contributed by atoms with Gasteiger partial charge >= 0.3 is 0 Å². The van der Waals surface area contributed by atoms with Gasteiger partial charge in [-0.25, -0.2) is 0 Å². The number of benzene rings is 1. The molecule has 152 valence electrons. The molecular weight excluding hydrogens is 461 g/mol. The van der Waals surface area contributed by atoms with Gasteiger partial charge in [0.25, 0.3) is 0 Å². The van der Waals surface area contributed by atoms with Gasteiger partial charge in [-0.3, -0.25) is 14.9 Å². The third kappa shape index (κ3) is 6.44. The van der Waals surface area contributed by atoms with E-state index in [0.29, 0.717) is 12.6 Å². The Morgan fingerprint density at radius 2 is 1.82 bits per heavy atom. The molecule has 0 saturated carbocycles. The van der Waals surface area contributed by atoms with Crippen molar-refractivity contribution in [3.63, 3.8) is 0 Å². The van der Waals surface area contributed by atoms with Gasteiger partial charge in [-0.2, -0.15) is 0 Å². The highest BCUT2D eigenvalue weighted by Crippen LogP contribution is 2.16. The summed E-state index contributed by atoms with van der Waals surface area (Å²) in [5.41, 5.74) is 5.08. The van der Waals surface area contributed by atoms with Crippen LogP contribution in [0.4, 0.5) is 0 Å². The largest absolute Gasteiger partial charge is 0.354 e. The Balaban J connectivity index is 0.00000280. The van der Waals surface area contributed by atoms with Crippen LogP contribution in [-0.2, 0) is 13.1 Å². The van der Waals surface area contributed by atoms with Crippen LogP contribution in [0.2, 0.25) is 0 Å². The standard InChI is InChI=1S/C22H31N5.HI/c1-17-7-4-5-9-19(17)16-27-13-10-20(11-14-27)26-22(23-3)25-15-21-18(2)8-6-12-24-21;/h4-9,12,20H,10-11,13-16H2,1-3H3,(H2,23,25,26);1H. The van der Waals surface area contributed by atoms with E-state index >= 15 is 0 Å². The topological polar surface area (TPSA) is 52.6 Å². The molecule has 0 atom stereocenters. The molecule has 0 spiro atoms. The van der Waals surface area contributed by atoms with Crippen LogP contribution in [0.25, 0.3) is 0 Å². The van der Waals surface area contributed by atoms with E-state index in [2.05, 4.69) is 69.7 Å². The summed E-state index contributed by atoms with van der Waals surface area (Å²) in [6.07, 6.45) is 4.11. The first-order chi connectivity index (χ1) is 13.2. The zero-order valence-electron chi connectivity index (χ0n) is 17.1. The van der Waals surface area contributed by atoms with Crippen LogP contribution in [0, 0.1) is 13.8 Å². The quantitative estimate of drug-likeness (QED) is 0.380. The van der Waals surface area contributed by atoms with Crippen molar-refractivity contribution in [1.82, 2.24) is 20.5 Å². The molecule has 28 heavy (non-hydrogen) atoms. The molecule has 1 aromatic carbocycles. The van der Waals surface area contributed by atoms with E-state index in [9.17, 15) is 0 Å². The number of piperidine rings is 1. The summed E-state index contributed by atoms with van der Waals surface area (Å²) in [5, 5.41) is 6.97. The van der Waals surface area contributed by atoms with Gasteiger partial charge in [-0.15, -0.1) is 24.0 Å². The van der Waals surface area contributed by atoms with E-state index in [1.165, 1.54) is 16.7 Å². The molecule has 0 aliphatic carbocycles. The molecule has 6 heteroatoms. The number of aliphatic imine (C=N–C) groups is 1. The van der Waals surface area contributed by atoms with E-state index in [4.69, 9.17) is 0 Å². The average Bonchev–Trinajstić information content (AvgIpc) is 2.69. The molecule has 2 aromatic rings. The Bertz CT molecular complexity index is 769. The lowest BCUT2D eigenvalue weighted by atomic mass is 10.0. The van der Waals surface area contributed by atoms with E-state index in [0.717, 1.165) is 44.1 Å². The van der Waals surface area contributed by atoms with Crippen LogP contribution < -0.4 is 10.6 Å². The third-order valence-corrected chi connectivity index (χ3v) is 5.35. The Morgan fingerprint density at radius 1 is 1.11 bits per heavy atom. The molecule has 1 aliphatic rings. The van der Waals surface area contributed by atoms with E-state index in [1.807, 2.05) is 19.3 Å². The highest BCUT2D eigenvalue weighted by Gasteiger charge is 2.20. The fraction of sp³-hybridized carbons (Fsp3) is 0.455. The number of rotatable bonds is 5. The van der Waals surface area contributed by atoms with Crippen LogP contribution in [-0.4, -0.2) is 42.0 Å². The SMILES string of the molecule is CN=C(NCc1ncccc1C)NC1CCN(Cc2ccccc2C)CC1.I. The van der Waals surface area contributed by atoms with Gasteiger partial charge < -0.3 is 10.6 Å². The summed E-state index contributed by atoms with van der Waals surface area (Å²) in [4.78, 5) is 11.4. The summed E-state index contributed by atoms with van der Waals surface area (Å²) in [6, 6.07) is 13.2. The van der Waals surface area contributed by atoms with Crippen molar-refractivity contribution >= 4 is 29.9 Å². The second kappa shape index (κ2) is 11.4. The van der Waals surface area contributed by atoms with Crippen molar-refractivity contribution < 1.29 is 0 Å². The molecule has 5 nitrogen and oxygen atoms in total. The molecular formula is C22H32IN5. The molecule has 1 aliphatic heterocycles. The number of guanidine groups is 1. The fourth-order valence-corrected chi connectivity index (χ4v) is 3.52. The smallest absolute Gasteiger partial charge is 0.191 e. The van der Waals surface area contributed by atoms with E-state index < -0.39 is 0 Å². The normalized spacial score (nSPS) is 15.8. The Labute approximate surface area is 186 Å². The maximum atomic E-state index is 4.44. The van der Waals surface area contributed by atoms with Crippen molar-refractivity contribution in [2.24, 2.45) is 4.99 Å². The van der Waals surface area contributed by atoms with Gasteiger partial charge in [0.05, 0.1) is 12.2 Å². The highest BCUT2D eigenvalue weighted by atomic mass is 127. The van der Waals surface area contributed by atoms with Gasteiger partial charge in [0.15, 0.2) is 5.96 Å². The number of aryl methyl sites for hydroxylation is 2. The summed E-state index contributed by atoms with van der Waals surface area (Å²) < 4.78 is 0. The van der Waals surface area contributed by atoms with Crippen molar-refractivity contribution in [1.29, 1.82) is 0 Å². The zero-order chi connectivity index (χ0) is 19.1. The third-order valence-electron chi connectivity index (χ3n) is 5.35. The van der Waals surface area contributed by atoms with Crippen LogP contribution in [0.1, 0.15) is 35.2 Å². The number of hydrogen-bond acceptors (Lipinski definition) is 3. The second-order valence-corrected chi connectivity index (χ2v) is 7.31. The van der Waals surface area contributed by atoms with Gasteiger partial charge in [0.1, 0.15) is 0 Å². The van der Waals surface area contributed by atoms with Crippen LogP contribution in [0.15, 0.2) is 47.6 Å². The highest BCUT2D eigenvalue weighted by molar-refractivity contribution is 14.0. The molecule has 0 radical (unpaired) electrons. The Kier molecular flexibility index (Phi) is 9.18. The molecule has 1 fully saturated rings. The Hall–Kier alpha value is -1.67. The minimum Gasteiger partial charge on any atom is -0.354 e. The molecule has 1 saturated heterocycles. The van der Waals surface area contributed by atoms with Crippen molar-refractivity contribution in [3.05, 3.63) is 65.0 Å². The first kappa shape index (κ1) is 22.6. The van der Waals surface area contributed by atoms with Crippen molar-refractivity contribution in [2.75, 3.05) is 20.1 Å². The van der Waals surface area contributed by atoms with Gasteiger partial charge in [0.2, 0.25) is 0 Å². The molecule has 0 bridgehead atoms. The molecule has 0 amide bonds. The predicted molar refractivity (Wildman–Crippen MR) is 127 cm³/mol. The van der Waals surface area contributed by atoms with Crippen molar-refractivity contribution in [3.8, 4) is 0 Å². The number of likely N-dealkylation sites (tertiary alicyclic amines) is 1. The number of nitrogens with one attached hydrogen (secondary N) is 2. The summed E-state index contributed by atoms with van der Waals surface area (Å²) in [7, 11) is 1.83. The lowest BCUT2D eigenvalue weighted by molar-refractivity contribution is 0.198. The summed E-state index contributed by atoms with van der Waals surface area (Å²) >= 11 is 0. The number of halogens is 1. The van der Waals surface area contributed by atoms with Gasteiger partial charge in [-0.05, 0) is 49.4 Å². The molecule has 3 rings (SSSR count). The van der Waals surface area contributed by atoms with Crippen LogP contribution >= 0.6 is 24.0 Å². The zero-order valence-corrected chi connectivity index (χ0v) is 19.4. The number of pyridine rings is 1. The maximum absolute atomic E-state index is 4.44. The van der Waals surface area contributed by atoms with Crippen LogP contribution in [0.5, 0.6) is 0 Å². The summed E-state index contributed by atoms with van der Waals surface area (Å²) in [6.45, 7) is 8.25. The monoisotopic (exact) mass is 493 g/mol. The first-order valence-corrected chi connectivity index (χ1v) is 9.80. The fourth-order valence-electron chi connectivity index (χ4n) is 3.52. The molecule has 2 N–H and O–H groups in total. The number of hydrogen-bond donors (Lipinski definition) is 2. The molecule has 0 unspecified atom stereocenters. The Morgan fingerprint density at radius 3 is 2.50 bits per heavy atom. The first-order valence-electron chi connectivity index (χ1n) is 9.80. The lowest BCUT2D eigenvalue weighted by Gasteiger charge is -2.33. The molecule has 1 aromatic heterocycles. The van der Waals surface area contributed by atoms with Crippen LogP contribution in [0.3, 0.4) is 0 Å². The minimum atomic E-state index is 0. The second-order valence-electron chi connectivity index (χ2n) is 7.31. The summed E-state index contributed by atoms with van der Waals surface area (Å²) in [5.74, 6) is 0.859. The number of nitrogens with zero attached hydrogens (tertiary/aromatic N) is 3.